The molecule has 0 bridgehead atoms. The summed E-state index contributed by atoms with van der Waals surface area (Å²) in [4.78, 5) is 0. The lowest BCUT2D eigenvalue weighted by atomic mass is 9.93. The highest BCUT2D eigenvalue weighted by Crippen LogP contribution is 2.43. The van der Waals surface area contributed by atoms with E-state index in [0.717, 1.165) is 22.6 Å². The summed E-state index contributed by atoms with van der Waals surface area (Å²) in [6, 6.07) is 11.0. The van der Waals surface area contributed by atoms with Crippen molar-refractivity contribution in [1.29, 1.82) is 0 Å². The zero-order valence-electron chi connectivity index (χ0n) is 11.5. The van der Waals surface area contributed by atoms with Crippen molar-refractivity contribution in [2.24, 2.45) is 5.73 Å². The minimum absolute atomic E-state index is 0.101. The van der Waals surface area contributed by atoms with Gasteiger partial charge in [-0.3, -0.25) is 0 Å². The van der Waals surface area contributed by atoms with Gasteiger partial charge >= 0.3 is 0 Å². The predicted octanol–water partition coefficient (Wildman–Crippen LogP) is 4.53. The first-order chi connectivity index (χ1) is 10.1. The van der Waals surface area contributed by atoms with E-state index in [9.17, 15) is 0 Å². The molecule has 1 heterocycles. The fraction of sp³-hybridized carbons (Fsp3) is 0.250. The fourth-order valence-electron chi connectivity index (χ4n) is 2.56. The van der Waals surface area contributed by atoms with Crippen LogP contribution in [0.5, 0.6) is 11.5 Å². The molecule has 0 saturated carbocycles. The van der Waals surface area contributed by atoms with Crippen molar-refractivity contribution in [2.75, 3.05) is 7.11 Å². The quantitative estimate of drug-likeness (QED) is 0.883. The molecular weight excluding hydrogens is 309 g/mol. The summed E-state index contributed by atoms with van der Waals surface area (Å²) in [6.07, 6.45) is 0.477. The number of rotatable bonds is 2. The molecule has 0 aromatic heterocycles. The van der Waals surface area contributed by atoms with Gasteiger partial charge in [0.1, 0.15) is 17.6 Å². The molecule has 0 saturated heterocycles. The first kappa shape index (κ1) is 14.5. The van der Waals surface area contributed by atoms with E-state index in [1.165, 1.54) is 0 Å². The van der Waals surface area contributed by atoms with Gasteiger partial charge in [0.05, 0.1) is 7.11 Å². The molecule has 110 valence electrons. The maximum Gasteiger partial charge on any atom is 0.128 e. The van der Waals surface area contributed by atoms with Crippen molar-refractivity contribution in [3.63, 3.8) is 0 Å². The Labute approximate surface area is 133 Å². The Bertz CT molecular complexity index is 675. The molecule has 0 aliphatic carbocycles. The number of nitrogens with two attached hydrogens (primary N) is 1. The van der Waals surface area contributed by atoms with Crippen molar-refractivity contribution in [3.05, 3.63) is 57.6 Å². The number of fused-ring (bicyclic) bond motifs is 1. The van der Waals surface area contributed by atoms with Crippen molar-refractivity contribution in [1.82, 2.24) is 0 Å². The summed E-state index contributed by atoms with van der Waals surface area (Å²) < 4.78 is 11.3. The second-order valence-electron chi connectivity index (χ2n) is 5.02. The van der Waals surface area contributed by atoms with Gasteiger partial charge in [-0.2, -0.15) is 0 Å². The highest BCUT2D eigenvalue weighted by atomic mass is 35.5. The van der Waals surface area contributed by atoms with Crippen molar-refractivity contribution >= 4 is 23.2 Å². The summed E-state index contributed by atoms with van der Waals surface area (Å²) >= 11 is 12.2. The molecule has 0 amide bonds. The van der Waals surface area contributed by atoms with Gasteiger partial charge < -0.3 is 15.2 Å². The summed E-state index contributed by atoms with van der Waals surface area (Å²) in [5, 5.41) is 1.19. The third-order valence-corrected chi connectivity index (χ3v) is 4.23. The molecule has 1 aliphatic rings. The molecule has 3 rings (SSSR count). The molecule has 2 N–H and O–H groups in total. The molecule has 2 aromatic carbocycles. The van der Waals surface area contributed by atoms with Gasteiger partial charge in [0.15, 0.2) is 0 Å². The van der Waals surface area contributed by atoms with E-state index >= 15 is 0 Å². The van der Waals surface area contributed by atoms with E-state index in [1.807, 2.05) is 24.3 Å². The molecule has 21 heavy (non-hydrogen) atoms. The number of hydrogen-bond donors (Lipinski definition) is 1. The molecular formula is C16H15Cl2NO2. The van der Waals surface area contributed by atoms with Crippen LogP contribution in [-0.4, -0.2) is 7.11 Å². The van der Waals surface area contributed by atoms with Crippen molar-refractivity contribution < 1.29 is 9.47 Å². The van der Waals surface area contributed by atoms with Gasteiger partial charge in [0, 0.05) is 39.7 Å². The van der Waals surface area contributed by atoms with Gasteiger partial charge in [-0.05, 0) is 18.2 Å². The average Bonchev–Trinajstić information content (AvgIpc) is 2.46. The van der Waals surface area contributed by atoms with E-state index in [1.54, 1.807) is 19.2 Å². The Morgan fingerprint density at radius 1 is 1.14 bits per heavy atom. The Hall–Kier alpha value is -1.42. The second kappa shape index (κ2) is 5.76. The lowest BCUT2D eigenvalue weighted by Crippen LogP contribution is -2.24. The van der Waals surface area contributed by atoms with Crippen LogP contribution in [0.1, 0.15) is 29.7 Å². The monoisotopic (exact) mass is 323 g/mol. The second-order valence-corrected chi connectivity index (χ2v) is 5.86. The summed E-state index contributed by atoms with van der Waals surface area (Å²) in [5.74, 6) is 1.48. The van der Waals surface area contributed by atoms with Crippen LogP contribution in [-0.2, 0) is 0 Å². The van der Waals surface area contributed by atoms with E-state index < -0.39 is 0 Å². The lowest BCUT2D eigenvalue weighted by Gasteiger charge is -2.31. The van der Waals surface area contributed by atoms with Crippen LogP contribution in [0, 0.1) is 0 Å². The van der Waals surface area contributed by atoms with Crippen molar-refractivity contribution in [3.8, 4) is 11.5 Å². The van der Waals surface area contributed by atoms with Gasteiger partial charge in [-0.25, -0.2) is 0 Å². The maximum atomic E-state index is 6.27. The minimum atomic E-state index is -0.190. The normalized spacial score (nSPS) is 20.6. The first-order valence-electron chi connectivity index (χ1n) is 6.63. The fourth-order valence-corrected chi connectivity index (χ4v) is 3.09. The Morgan fingerprint density at radius 2 is 1.90 bits per heavy atom. The SMILES string of the molecule is COc1ccc2c(c1)OC(c1ccc(Cl)cc1Cl)C[C@@H]2N. The molecule has 1 aliphatic heterocycles. The van der Waals surface area contributed by atoms with Crippen LogP contribution >= 0.6 is 23.2 Å². The third-order valence-electron chi connectivity index (χ3n) is 3.67. The number of ether oxygens (including phenoxy) is 2. The van der Waals surface area contributed by atoms with Gasteiger partial charge in [0.2, 0.25) is 0 Å². The molecule has 2 atom stereocenters. The summed E-state index contributed by atoms with van der Waals surface area (Å²) in [6.45, 7) is 0. The number of halogens is 2. The molecule has 0 fully saturated rings. The highest BCUT2D eigenvalue weighted by Gasteiger charge is 2.28. The van der Waals surface area contributed by atoms with Crippen LogP contribution < -0.4 is 15.2 Å². The smallest absolute Gasteiger partial charge is 0.128 e. The standard InChI is InChI=1S/C16H15Cl2NO2/c1-20-10-3-5-12-14(19)8-16(21-15(12)7-10)11-4-2-9(17)6-13(11)18/h2-7,14,16H,8,19H2,1H3/t14-,16?/m0/s1. The largest absolute Gasteiger partial charge is 0.497 e. The summed E-state index contributed by atoms with van der Waals surface area (Å²) in [7, 11) is 1.62. The van der Waals surface area contributed by atoms with E-state index in [0.29, 0.717) is 16.5 Å². The van der Waals surface area contributed by atoms with Gasteiger partial charge in [-0.15, -0.1) is 0 Å². The zero-order chi connectivity index (χ0) is 15.0. The van der Waals surface area contributed by atoms with Crippen LogP contribution in [0.3, 0.4) is 0 Å². The van der Waals surface area contributed by atoms with Crippen LogP contribution in [0.2, 0.25) is 10.0 Å². The van der Waals surface area contributed by atoms with Gasteiger partial charge in [0.25, 0.3) is 0 Å². The highest BCUT2D eigenvalue weighted by molar-refractivity contribution is 6.35. The van der Waals surface area contributed by atoms with Gasteiger partial charge in [-0.1, -0.05) is 35.3 Å². The zero-order valence-corrected chi connectivity index (χ0v) is 13.0. The molecule has 1 unspecified atom stereocenters. The first-order valence-corrected chi connectivity index (χ1v) is 7.39. The molecule has 2 aromatic rings. The average molecular weight is 324 g/mol. The maximum absolute atomic E-state index is 6.27. The topological polar surface area (TPSA) is 44.5 Å². The molecule has 3 nitrogen and oxygen atoms in total. The minimum Gasteiger partial charge on any atom is -0.497 e. The van der Waals surface area contributed by atoms with Crippen LogP contribution in [0.25, 0.3) is 0 Å². The number of methoxy groups -OCH3 is 1. The molecule has 5 heteroatoms. The number of benzene rings is 2. The lowest BCUT2D eigenvalue weighted by molar-refractivity contribution is 0.161. The Kier molecular flexibility index (Phi) is 3.98. The van der Waals surface area contributed by atoms with Crippen LogP contribution in [0.15, 0.2) is 36.4 Å². The van der Waals surface area contributed by atoms with Crippen LogP contribution in [0.4, 0.5) is 0 Å². The van der Waals surface area contributed by atoms with E-state index in [4.69, 9.17) is 38.4 Å². The Balaban J connectivity index is 1.96. The molecule has 0 radical (unpaired) electrons. The molecule has 0 spiro atoms. The van der Waals surface area contributed by atoms with E-state index in [-0.39, 0.29) is 12.1 Å². The summed E-state index contributed by atoms with van der Waals surface area (Å²) in [5.41, 5.74) is 8.13. The van der Waals surface area contributed by atoms with Crippen molar-refractivity contribution in [2.45, 2.75) is 18.6 Å². The van der Waals surface area contributed by atoms with E-state index in [2.05, 4.69) is 0 Å². The third kappa shape index (κ3) is 2.82. The Morgan fingerprint density at radius 3 is 2.62 bits per heavy atom. The predicted molar refractivity (Wildman–Crippen MR) is 84.4 cm³/mol. The number of hydrogen-bond acceptors (Lipinski definition) is 3.